The van der Waals surface area contributed by atoms with Crippen LogP contribution in [0.4, 0.5) is 0 Å². The number of benzene rings is 3. The molecule has 3 aromatic carbocycles. The lowest BCUT2D eigenvalue weighted by molar-refractivity contribution is -0.128. The van der Waals surface area contributed by atoms with Gasteiger partial charge in [-0.1, -0.05) is 60.1 Å². The molecule has 4 aromatic rings. The van der Waals surface area contributed by atoms with Gasteiger partial charge in [0.05, 0.1) is 24.4 Å². The van der Waals surface area contributed by atoms with Crippen molar-refractivity contribution in [3.05, 3.63) is 107 Å². The largest absolute Gasteiger partial charge is 0.487 e. The summed E-state index contributed by atoms with van der Waals surface area (Å²) >= 11 is 6.04. The average molecular weight is 485 g/mol. The number of carbonyl (C=O) groups excluding carboxylic acids is 1. The zero-order chi connectivity index (χ0) is 24.0. The molecular formula is C29H25ClN2O3. The predicted molar refractivity (Wildman–Crippen MR) is 139 cm³/mol. The third kappa shape index (κ3) is 5.70. The summed E-state index contributed by atoms with van der Waals surface area (Å²) in [4.78, 5) is 19.9. The van der Waals surface area contributed by atoms with Gasteiger partial charge >= 0.3 is 0 Å². The number of hydrogen-bond acceptors (Lipinski definition) is 4. The number of carbonyl (C=O) groups is 1. The molecule has 5 rings (SSSR count). The first-order chi connectivity index (χ1) is 17.2. The first-order valence-electron chi connectivity index (χ1n) is 11.6. The number of nitrogens with zero attached hydrogens (tertiary/aromatic N) is 2. The van der Waals surface area contributed by atoms with Gasteiger partial charge in [0.1, 0.15) is 12.4 Å². The standard InChI is InChI=1S/C29H25ClN2O3/c30-24-10-5-21(6-11-24)19-27(29(33)32-15-17-34-18-16-32)22-8-13-26(14-9-22)35-20-25-12-7-23-3-1-2-4-28(23)31-25/h1-14,19H,15-18,20H2/b27-19+. The summed E-state index contributed by atoms with van der Waals surface area (Å²) in [7, 11) is 0. The maximum Gasteiger partial charge on any atom is 0.254 e. The zero-order valence-corrected chi connectivity index (χ0v) is 19.9. The molecule has 1 amide bonds. The highest BCUT2D eigenvalue weighted by molar-refractivity contribution is 6.30. The van der Waals surface area contributed by atoms with Gasteiger partial charge in [-0.25, -0.2) is 4.98 Å². The Balaban J connectivity index is 1.35. The quantitative estimate of drug-likeness (QED) is 0.254. The molecule has 176 valence electrons. The third-order valence-corrected chi connectivity index (χ3v) is 6.17. The second-order valence-corrected chi connectivity index (χ2v) is 8.76. The Morgan fingerprint density at radius 3 is 2.46 bits per heavy atom. The molecule has 1 aliphatic rings. The number of amides is 1. The van der Waals surface area contributed by atoms with Gasteiger partial charge in [0, 0.05) is 29.1 Å². The van der Waals surface area contributed by atoms with Gasteiger partial charge in [-0.3, -0.25) is 4.79 Å². The van der Waals surface area contributed by atoms with Gasteiger partial charge in [-0.05, 0) is 53.6 Å². The molecule has 1 fully saturated rings. The summed E-state index contributed by atoms with van der Waals surface area (Å²) in [5, 5.41) is 1.76. The first kappa shape index (κ1) is 23.1. The van der Waals surface area contributed by atoms with E-state index in [9.17, 15) is 4.79 Å². The SMILES string of the molecule is O=C(/C(=C/c1ccc(Cl)cc1)c1ccc(OCc2ccc3ccccc3n2)cc1)N1CCOCC1. The molecule has 5 nitrogen and oxygen atoms in total. The lowest BCUT2D eigenvalue weighted by Crippen LogP contribution is -2.41. The zero-order valence-electron chi connectivity index (χ0n) is 19.2. The van der Waals surface area contributed by atoms with E-state index in [-0.39, 0.29) is 5.91 Å². The number of rotatable bonds is 6. The summed E-state index contributed by atoms with van der Waals surface area (Å²) in [5.41, 5.74) is 4.17. The number of fused-ring (bicyclic) bond motifs is 1. The second-order valence-electron chi connectivity index (χ2n) is 8.32. The maximum absolute atomic E-state index is 13.4. The molecule has 1 aromatic heterocycles. The normalized spacial score (nSPS) is 14.2. The van der Waals surface area contributed by atoms with Crippen LogP contribution >= 0.6 is 11.6 Å². The minimum atomic E-state index is -0.0164. The number of halogens is 1. The van der Waals surface area contributed by atoms with E-state index >= 15 is 0 Å². The molecule has 6 heteroatoms. The van der Waals surface area contributed by atoms with Crippen LogP contribution in [-0.4, -0.2) is 42.1 Å². The van der Waals surface area contributed by atoms with E-state index in [4.69, 9.17) is 21.1 Å². The number of hydrogen-bond donors (Lipinski definition) is 0. The summed E-state index contributed by atoms with van der Waals surface area (Å²) < 4.78 is 11.4. The van der Waals surface area contributed by atoms with Gasteiger partial charge in [-0.15, -0.1) is 0 Å². The van der Waals surface area contributed by atoms with E-state index in [0.717, 1.165) is 27.7 Å². The number of pyridine rings is 1. The molecule has 0 radical (unpaired) electrons. The Kier molecular flexibility index (Phi) is 7.07. The van der Waals surface area contributed by atoms with Crippen molar-refractivity contribution >= 4 is 40.1 Å². The van der Waals surface area contributed by atoms with Crippen molar-refractivity contribution in [3.63, 3.8) is 0 Å². The van der Waals surface area contributed by atoms with Crippen LogP contribution in [0, 0.1) is 0 Å². The van der Waals surface area contributed by atoms with E-state index in [1.807, 2.05) is 89.8 Å². The van der Waals surface area contributed by atoms with Crippen molar-refractivity contribution in [1.82, 2.24) is 9.88 Å². The van der Waals surface area contributed by atoms with Crippen LogP contribution in [0.15, 0.2) is 84.9 Å². The van der Waals surface area contributed by atoms with Gasteiger partial charge in [0.15, 0.2) is 0 Å². The van der Waals surface area contributed by atoms with Crippen LogP contribution in [0.5, 0.6) is 5.75 Å². The lowest BCUT2D eigenvalue weighted by atomic mass is 10.0. The molecule has 0 N–H and O–H groups in total. The van der Waals surface area contributed by atoms with Crippen LogP contribution in [-0.2, 0) is 16.1 Å². The van der Waals surface area contributed by atoms with Crippen molar-refractivity contribution in [3.8, 4) is 5.75 Å². The van der Waals surface area contributed by atoms with E-state index in [1.54, 1.807) is 0 Å². The summed E-state index contributed by atoms with van der Waals surface area (Å²) in [5.74, 6) is 0.700. The topological polar surface area (TPSA) is 51.7 Å². The number of aromatic nitrogens is 1. The van der Waals surface area contributed by atoms with Gasteiger partial charge < -0.3 is 14.4 Å². The number of ether oxygens (including phenoxy) is 2. The second kappa shape index (κ2) is 10.7. The Morgan fingerprint density at radius 2 is 1.69 bits per heavy atom. The predicted octanol–water partition coefficient (Wildman–Crippen LogP) is 5.87. The molecule has 0 bridgehead atoms. The fourth-order valence-corrected chi connectivity index (χ4v) is 4.13. The molecule has 35 heavy (non-hydrogen) atoms. The molecule has 0 spiro atoms. The van der Waals surface area contributed by atoms with Crippen LogP contribution in [0.2, 0.25) is 5.02 Å². The van der Waals surface area contributed by atoms with E-state index < -0.39 is 0 Å². The fourth-order valence-electron chi connectivity index (χ4n) is 4.01. The Labute approximate surface area is 209 Å². The smallest absolute Gasteiger partial charge is 0.254 e. The Hall–Kier alpha value is -3.67. The van der Waals surface area contributed by atoms with E-state index in [1.165, 1.54) is 0 Å². The molecule has 0 aliphatic carbocycles. The van der Waals surface area contributed by atoms with Crippen molar-refractivity contribution in [1.29, 1.82) is 0 Å². The van der Waals surface area contributed by atoms with Crippen LogP contribution < -0.4 is 4.74 Å². The molecular weight excluding hydrogens is 460 g/mol. The molecule has 0 unspecified atom stereocenters. The highest BCUT2D eigenvalue weighted by Gasteiger charge is 2.22. The van der Waals surface area contributed by atoms with Crippen LogP contribution in [0.3, 0.4) is 0 Å². The van der Waals surface area contributed by atoms with Crippen LogP contribution in [0.1, 0.15) is 16.8 Å². The highest BCUT2D eigenvalue weighted by Crippen LogP contribution is 2.25. The van der Waals surface area contributed by atoms with Crippen molar-refractivity contribution < 1.29 is 14.3 Å². The molecule has 2 heterocycles. The number of para-hydroxylation sites is 1. The molecule has 0 atom stereocenters. The fraction of sp³-hybridized carbons (Fsp3) is 0.172. The summed E-state index contributed by atoms with van der Waals surface area (Å²) in [6.07, 6.45) is 1.91. The minimum Gasteiger partial charge on any atom is -0.487 e. The van der Waals surface area contributed by atoms with Gasteiger partial charge in [-0.2, -0.15) is 0 Å². The summed E-state index contributed by atoms with van der Waals surface area (Å²) in [6.45, 7) is 2.63. The van der Waals surface area contributed by atoms with E-state index in [0.29, 0.717) is 49.3 Å². The van der Waals surface area contributed by atoms with Gasteiger partial charge in [0.2, 0.25) is 0 Å². The first-order valence-corrected chi connectivity index (χ1v) is 12.0. The molecule has 1 saturated heterocycles. The lowest BCUT2D eigenvalue weighted by Gasteiger charge is -2.28. The monoisotopic (exact) mass is 484 g/mol. The molecule has 0 saturated carbocycles. The maximum atomic E-state index is 13.4. The summed E-state index contributed by atoms with van der Waals surface area (Å²) in [6, 6.07) is 27.1. The van der Waals surface area contributed by atoms with Crippen LogP contribution in [0.25, 0.3) is 22.6 Å². The highest BCUT2D eigenvalue weighted by atomic mass is 35.5. The van der Waals surface area contributed by atoms with Crippen molar-refractivity contribution in [2.24, 2.45) is 0 Å². The van der Waals surface area contributed by atoms with Crippen molar-refractivity contribution in [2.75, 3.05) is 26.3 Å². The third-order valence-electron chi connectivity index (χ3n) is 5.92. The van der Waals surface area contributed by atoms with Gasteiger partial charge in [0.25, 0.3) is 5.91 Å². The Bertz CT molecular complexity index is 1340. The average Bonchev–Trinajstić information content (AvgIpc) is 2.92. The molecule has 1 aliphatic heterocycles. The Morgan fingerprint density at radius 1 is 0.943 bits per heavy atom. The van der Waals surface area contributed by atoms with Crippen molar-refractivity contribution in [2.45, 2.75) is 6.61 Å². The number of morpholine rings is 1. The van der Waals surface area contributed by atoms with E-state index in [2.05, 4.69) is 11.1 Å². The minimum absolute atomic E-state index is 0.0164.